The van der Waals surface area contributed by atoms with E-state index in [1.807, 2.05) is 24.8 Å². The van der Waals surface area contributed by atoms with Gasteiger partial charge < -0.3 is 14.5 Å². The molecule has 0 atom stereocenters. The Morgan fingerprint density at radius 3 is 2.47 bits per heavy atom. The Labute approximate surface area is 178 Å². The molecule has 2 aromatic heterocycles. The van der Waals surface area contributed by atoms with Crippen LogP contribution in [0.15, 0.2) is 12.3 Å². The number of hydrogen-bond donors (Lipinski definition) is 0. The lowest BCUT2D eigenvalue weighted by Crippen LogP contribution is -2.40. The molecule has 4 heterocycles. The van der Waals surface area contributed by atoms with Crippen LogP contribution in [0.5, 0.6) is 0 Å². The summed E-state index contributed by atoms with van der Waals surface area (Å²) in [6.07, 6.45) is 3.47. The maximum atomic E-state index is 13.0. The lowest BCUT2D eigenvalue weighted by molar-refractivity contribution is 0.0696. The van der Waals surface area contributed by atoms with Gasteiger partial charge in [0, 0.05) is 55.6 Å². The van der Waals surface area contributed by atoms with E-state index in [2.05, 4.69) is 23.8 Å². The molecular weight excluding hydrogens is 380 g/mol. The summed E-state index contributed by atoms with van der Waals surface area (Å²) in [4.78, 5) is 27.1. The summed E-state index contributed by atoms with van der Waals surface area (Å²) in [5.41, 5.74) is 2.86. The molecule has 0 spiro atoms. The molecule has 30 heavy (non-hydrogen) atoms. The van der Waals surface area contributed by atoms with E-state index in [-0.39, 0.29) is 17.9 Å². The van der Waals surface area contributed by atoms with Crippen LogP contribution in [0.3, 0.4) is 0 Å². The predicted octanol–water partition coefficient (Wildman–Crippen LogP) is 2.73. The van der Waals surface area contributed by atoms with Gasteiger partial charge in [-0.1, -0.05) is 0 Å². The summed E-state index contributed by atoms with van der Waals surface area (Å²) in [5.74, 6) is 2.30. The van der Waals surface area contributed by atoms with Crippen molar-refractivity contribution < 1.29 is 9.53 Å². The third-order valence-electron chi connectivity index (χ3n) is 6.22. The minimum atomic E-state index is 0.0645. The molecule has 0 N–H and O–H groups in total. The molecule has 2 aliphatic rings. The number of amides is 1. The average Bonchev–Trinajstić information content (AvgIpc) is 3.26. The first-order valence-electron chi connectivity index (χ1n) is 11.0. The van der Waals surface area contributed by atoms with E-state index in [4.69, 9.17) is 14.7 Å². The summed E-state index contributed by atoms with van der Waals surface area (Å²) in [6, 6.07) is 1.98. The van der Waals surface area contributed by atoms with Gasteiger partial charge in [-0.2, -0.15) is 5.10 Å². The van der Waals surface area contributed by atoms with Crippen molar-refractivity contribution in [3.05, 3.63) is 35.0 Å². The second-order valence-corrected chi connectivity index (χ2v) is 8.54. The largest absolute Gasteiger partial charge is 0.378 e. The highest BCUT2D eigenvalue weighted by Gasteiger charge is 2.29. The van der Waals surface area contributed by atoms with Crippen LogP contribution in [-0.4, -0.2) is 69.9 Å². The van der Waals surface area contributed by atoms with Gasteiger partial charge in [0.05, 0.1) is 13.2 Å². The van der Waals surface area contributed by atoms with Gasteiger partial charge in [-0.15, -0.1) is 0 Å². The Morgan fingerprint density at radius 1 is 1.10 bits per heavy atom. The Balaban J connectivity index is 1.47. The molecule has 0 aromatic carbocycles. The highest BCUT2D eigenvalue weighted by molar-refractivity contribution is 5.92. The van der Waals surface area contributed by atoms with Crippen LogP contribution in [0.25, 0.3) is 0 Å². The van der Waals surface area contributed by atoms with Crippen molar-refractivity contribution >= 4 is 11.7 Å². The van der Waals surface area contributed by atoms with Crippen molar-refractivity contribution in [2.24, 2.45) is 0 Å². The van der Waals surface area contributed by atoms with Crippen LogP contribution in [0.1, 0.15) is 66.2 Å². The predicted molar refractivity (Wildman–Crippen MR) is 115 cm³/mol. The number of carbonyl (C=O) groups is 1. The van der Waals surface area contributed by atoms with E-state index in [1.165, 1.54) is 0 Å². The molecule has 8 heteroatoms. The number of aryl methyl sites for hydroxylation is 1. The van der Waals surface area contributed by atoms with E-state index in [0.29, 0.717) is 5.69 Å². The zero-order valence-electron chi connectivity index (χ0n) is 18.5. The lowest BCUT2D eigenvalue weighted by atomic mass is 9.95. The van der Waals surface area contributed by atoms with Crippen molar-refractivity contribution in [1.82, 2.24) is 24.6 Å². The first-order valence-corrected chi connectivity index (χ1v) is 11.0. The number of aromatic nitrogens is 4. The number of ether oxygens (including phenoxy) is 1. The molecule has 2 saturated heterocycles. The summed E-state index contributed by atoms with van der Waals surface area (Å²) < 4.78 is 7.30. The van der Waals surface area contributed by atoms with Crippen molar-refractivity contribution in [3.63, 3.8) is 0 Å². The topological polar surface area (TPSA) is 76.4 Å². The number of likely N-dealkylation sites (tertiary alicyclic amines) is 1. The second kappa shape index (κ2) is 8.71. The molecule has 1 amide bonds. The Morgan fingerprint density at radius 2 is 1.80 bits per heavy atom. The fourth-order valence-electron chi connectivity index (χ4n) is 4.30. The lowest BCUT2D eigenvalue weighted by Gasteiger charge is -2.33. The number of nitrogens with zero attached hydrogens (tertiary/aromatic N) is 6. The summed E-state index contributed by atoms with van der Waals surface area (Å²) >= 11 is 0. The molecule has 0 aliphatic carbocycles. The fraction of sp³-hybridized carbons (Fsp3) is 0.636. The van der Waals surface area contributed by atoms with Gasteiger partial charge >= 0.3 is 0 Å². The molecule has 8 nitrogen and oxygen atoms in total. The number of hydrogen-bond acceptors (Lipinski definition) is 6. The average molecular weight is 413 g/mol. The van der Waals surface area contributed by atoms with Crippen LogP contribution in [0.4, 0.5) is 5.82 Å². The molecule has 2 aliphatic heterocycles. The van der Waals surface area contributed by atoms with Crippen LogP contribution in [-0.2, 0) is 4.74 Å². The minimum Gasteiger partial charge on any atom is -0.378 e. The normalized spacial score (nSPS) is 18.3. The van der Waals surface area contributed by atoms with E-state index in [0.717, 1.165) is 75.1 Å². The summed E-state index contributed by atoms with van der Waals surface area (Å²) in [5, 5.41) is 4.30. The number of anilines is 1. The van der Waals surface area contributed by atoms with Gasteiger partial charge in [0.25, 0.3) is 5.91 Å². The van der Waals surface area contributed by atoms with E-state index in [1.54, 1.807) is 10.9 Å². The molecule has 0 radical (unpaired) electrons. The zero-order valence-corrected chi connectivity index (χ0v) is 18.5. The van der Waals surface area contributed by atoms with Gasteiger partial charge in [-0.3, -0.25) is 9.48 Å². The SMILES string of the molecule is Cc1nc(C2CCN(C(=O)c3ccnn3C(C)C)CC2)nc(N2CCOCC2)c1C. The third kappa shape index (κ3) is 4.05. The van der Waals surface area contributed by atoms with Gasteiger partial charge in [0.15, 0.2) is 0 Å². The monoisotopic (exact) mass is 412 g/mol. The standard InChI is InChI=1S/C22H32N6O2/c1-15(2)28-19(5-8-23-28)22(29)27-9-6-18(7-10-27)20-24-17(4)16(3)21(25-20)26-11-13-30-14-12-26/h5,8,15,18H,6-7,9-14H2,1-4H3. The number of morpholine rings is 1. The van der Waals surface area contributed by atoms with E-state index < -0.39 is 0 Å². The maximum absolute atomic E-state index is 13.0. The van der Waals surface area contributed by atoms with Crippen molar-refractivity contribution in [2.75, 3.05) is 44.3 Å². The third-order valence-corrected chi connectivity index (χ3v) is 6.22. The summed E-state index contributed by atoms with van der Waals surface area (Å²) in [6.45, 7) is 12.9. The van der Waals surface area contributed by atoms with E-state index in [9.17, 15) is 4.79 Å². The summed E-state index contributed by atoms with van der Waals surface area (Å²) in [7, 11) is 0. The zero-order chi connectivity index (χ0) is 21.3. The number of carbonyl (C=O) groups excluding carboxylic acids is 1. The van der Waals surface area contributed by atoms with Gasteiger partial charge in [0.1, 0.15) is 17.3 Å². The van der Waals surface area contributed by atoms with Crippen molar-refractivity contribution in [1.29, 1.82) is 0 Å². The molecule has 2 fully saturated rings. The van der Waals surface area contributed by atoms with Crippen LogP contribution in [0, 0.1) is 13.8 Å². The van der Waals surface area contributed by atoms with Crippen LogP contribution >= 0.6 is 0 Å². The van der Waals surface area contributed by atoms with Crippen LogP contribution in [0.2, 0.25) is 0 Å². The van der Waals surface area contributed by atoms with E-state index >= 15 is 0 Å². The number of rotatable bonds is 4. The van der Waals surface area contributed by atoms with Crippen molar-refractivity contribution in [3.8, 4) is 0 Å². The highest BCUT2D eigenvalue weighted by Crippen LogP contribution is 2.30. The van der Waals surface area contributed by atoms with Crippen LogP contribution < -0.4 is 4.90 Å². The maximum Gasteiger partial charge on any atom is 0.272 e. The van der Waals surface area contributed by atoms with Crippen molar-refractivity contribution in [2.45, 2.75) is 52.5 Å². The van der Waals surface area contributed by atoms with Gasteiger partial charge in [-0.25, -0.2) is 9.97 Å². The quantitative estimate of drug-likeness (QED) is 0.769. The molecule has 162 valence electrons. The molecule has 4 rings (SSSR count). The Hall–Kier alpha value is -2.48. The fourth-order valence-corrected chi connectivity index (χ4v) is 4.30. The second-order valence-electron chi connectivity index (χ2n) is 8.54. The first kappa shape index (κ1) is 20.8. The minimum absolute atomic E-state index is 0.0645. The molecular formula is C22H32N6O2. The first-order chi connectivity index (χ1) is 14.5. The smallest absolute Gasteiger partial charge is 0.272 e. The number of piperidine rings is 1. The molecule has 0 unspecified atom stereocenters. The Bertz CT molecular complexity index is 895. The highest BCUT2D eigenvalue weighted by atomic mass is 16.5. The molecule has 0 bridgehead atoms. The molecule has 2 aromatic rings. The Kier molecular flexibility index (Phi) is 6.04. The van der Waals surface area contributed by atoms with Gasteiger partial charge in [0.2, 0.25) is 0 Å². The molecule has 0 saturated carbocycles. The van der Waals surface area contributed by atoms with Gasteiger partial charge in [-0.05, 0) is 46.6 Å².